The van der Waals surface area contributed by atoms with Crippen LogP contribution in [-0.2, 0) is 6.42 Å². The molecule has 2 rings (SSSR count). The topological polar surface area (TPSA) is 64.7 Å². The lowest BCUT2D eigenvalue weighted by atomic mass is 10.1. The minimum Gasteiger partial charge on any atom is -0.384 e. The smallest absolute Gasteiger partial charge is 0.180 e. The SMILES string of the molecule is CC(C)Cc1cc(N)nc(-c2ccccn2)n1. The Morgan fingerprint density at radius 3 is 2.71 bits per heavy atom. The highest BCUT2D eigenvalue weighted by Gasteiger charge is 2.07. The van der Waals surface area contributed by atoms with Crippen LogP contribution in [0, 0.1) is 5.92 Å². The van der Waals surface area contributed by atoms with Gasteiger partial charge in [0.15, 0.2) is 5.82 Å². The van der Waals surface area contributed by atoms with E-state index in [0.29, 0.717) is 17.6 Å². The van der Waals surface area contributed by atoms with Gasteiger partial charge in [0.1, 0.15) is 11.5 Å². The number of anilines is 1. The van der Waals surface area contributed by atoms with Crippen molar-refractivity contribution in [2.75, 3.05) is 5.73 Å². The Morgan fingerprint density at radius 1 is 1.24 bits per heavy atom. The quantitative estimate of drug-likeness (QED) is 0.875. The second kappa shape index (κ2) is 4.91. The second-order valence-corrected chi connectivity index (χ2v) is 4.42. The van der Waals surface area contributed by atoms with Crippen molar-refractivity contribution in [3.8, 4) is 11.5 Å². The van der Waals surface area contributed by atoms with E-state index in [1.54, 1.807) is 6.20 Å². The fourth-order valence-corrected chi connectivity index (χ4v) is 1.65. The Labute approximate surface area is 101 Å². The fraction of sp³-hybridized carbons (Fsp3) is 0.308. The number of nitrogens with zero attached hydrogens (tertiary/aromatic N) is 3. The molecule has 0 spiro atoms. The van der Waals surface area contributed by atoms with E-state index in [1.807, 2.05) is 24.3 Å². The lowest BCUT2D eigenvalue weighted by molar-refractivity contribution is 0.635. The molecule has 4 nitrogen and oxygen atoms in total. The number of aromatic nitrogens is 3. The Hall–Kier alpha value is -1.97. The molecule has 0 aromatic carbocycles. The van der Waals surface area contributed by atoms with E-state index in [9.17, 15) is 0 Å². The highest BCUT2D eigenvalue weighted by atomic mass is 15.0. The second-order valence-electron chi connectivity index (χ2n) is 4.42. The van der Waals surface area contributed by atoms with Crippen LogP contribution in [0.25, 0.3) is 11.5 Å². The minimum absolute atomic E-state index is 0.497. The van der Waals surface area contributed by atoms with Crippen molar-refractivity contribution in [2.45, 2.75) is 20.3 Å². The van der Waals surface area contributed by atoms with Crippen LogP contribution in [-0.4, -0.2) is 15.0 Å². The van der Waals surface area contributed by atoms with Crippen molar-refractivity contribution in [3.63, 3.8) is 0 Å². The van der Waals surface area contributed by atoms with E-state index in [1.165, 1.54) is 0 Å². The third-order valence-electron chi connectivity index (χ3n) is 2.31. The molecule has 0 unspecified atom stereocenters. The van der Waals surface area contributed by atoms with Crippen LogP contribution in [0.3, 0.4) is 0 Å². The van der Waals surface area contributed by atoms with Crippen LogP contribution < -0.4 is 5.73 Å². The summed E-state index contributed by atoms with van der Waals surface area (Å²) in [7, 11) is 0. The van der Waals surface area contributed by atoms with Crippen LogP contribution in [0.5, 0.6) is 0 Å². The molecule has 4 heteroatoms. The predicted molar refractivity (Wildman–Crippen MR) is 68.2 cm³/mol. The van der Waals surface area contributed by atoms with Crippen LogP contribution in [0.15, 0.2) is 30.5 Å². The molecule has 0 radical (unpaired) electrons. The predicted octanol–water partition coefficient (Wildman–Crippen LogP) is 2.32. The molecule has 17 heavy (non-hydrogen) atoms. The fourth-order valence-electron chi connectivity index (χ4n) is 1.65. The van der Waals surface area contributed by atoms with E-state index in [2.05, 4.69) is 28.8 Å². The van der Waals surface area contributed by atoms with Gasteiger partial charge in [0.2, 0.25) is 0 Å². The highest BCUT2D eigenvalue weighted by molar-refractivity contribution is 5.51. The summed E-state index contributed by atoms with van der Waals surface area (Å²) < 4.78 is 0. The molecule has 0 aliphatic heterocycles. The molecule has 0 atom stereocenters. The van der Waals surface area contributed by atoms with Crippen LogP contribution in [0.4, 0.5) is 5.82 Å². The number of rotatable bonds is 3. The minimum atomic E-state index is 0.497. The monoisotopic (exact) mass is 228 g/mol. The van der Waals surface area contributed by atoms with Gasteiger partial charge in [-0.1, -0.05) is 19.9 Å². The molecule has 0 aliphatic carbocycles. The average Bonchev–Trinajstić information content (AvgIpc) is 2.28. The Bertz CT molecular complexity index is 494. The molecular weight excluding hydrogens is 212 g/mol. The molecule has 2 heterocycles. The third kappa shape index (κ3) is 3.00. The van der Waals surface area contributed by atoms with Crippen molar-refractivity contribution in [1.82, 2.24) is 15.0 Å². The van der Waals surface area contributed by atoms with Crippen molar-refractivity contribution in [2.24, 2.45) is 5.92 Å². The molecule has 0 bridgehead atoms. The standard InChI is InChI=1S/C13H16N4/c1-9(2)7-10-8-12(14)17-13(16-10)11-5-3-4-6-15-11/h3-6,8-9H,7H2,1-2H3,(H2,14,16,17). The number of hydrogen-bond donors (Lipinski definition) is 1. The van der Waals surface area contributed by atoms with E-state index >= 15 is 0 Å². The number of nitrogen functional groups attached to an aromatic ring is 1. The van der Waals surface area contributed by atoms with Gasteiger partial charge in [-0.15, -0.1) is 0 Å². The van der Waals surface area contributed by atoms with E-state index in [0.717, 1.165) is 17.8 Å². The van der Waals surface area contributed by atoms with Gasteiger partial charge in [0, 0.05) is 18.0 Å². The first-order chi connectivity index (χ1) is 8.15. The molecule has 0 aliphatic rings. The normalized spacial score (nSPS) is 10.8. The van der Waals surface area contributed by atoms with Crippen LogP contribution in [0.2, 0.25) is 0 Å². The summed E-state index contributed by atoms with van der Waals surface area (Å²) in [6, 6.07) is 7.49. The van der Waals surface area contributed by atoms with Gasteiger partial charge in [-0.2, -0.15) is 0 Å². The van der Waals surface area contributed by atoms with Gasteiger partial charge in [-0.05, 0) is 24.5 Å². The molecule has 0 saturated heterocycles. The van der Waals surface area contributed by atoms with Crippen LogP contribution >= 0.6 is 0 Å². The molecule has 88 valence electrons. The first-order valence-corrected chi connectivity index (χ1v) is 5.70. The molecule has 0 amide bonds. The maximum Gasteiger partial charge on any atom is 0.180 e. The summed E-state index contributed by atoms with van der Waals surface area (Å²) in [5.74, 6) is 1.64. The Balaban J connectivity index is 2.38. The lowest BCUT2D eigenvalue weighted by Gasteiger charge is -2.07. The maximum absolute atomic E-state index is 5.79. The molecule has 2 aromatic heterocycles. The van der Waals surface area contributed by atoms with E-state index < -0.39 is 0 Å². The molecule has 2 N–H and O–H groups in total. The Morgan fingerprint density at radius 2 is 2.06 bits per heavy atom. The lowest BCUT2D eigenvalue weighted by Crippen LogP contribution is -2.03. The van der Waals surface area contributed by atoms with Crippen molar-refractivity contribution < 1.29 is 0 Å². The number of nitrogens with two attached hydrogens (primary N) is 1. The van der Waals surface area contributed by atoms with Crippen LogP contribution in [0.1, 0.15) is 19.5 Å². The zero-order valence-electron chi connectivity index (χ0n) is 10.1. The number of hydrogen-bond acceptors (Lipinski definition) is 4. The van der Waals surface area contributed by atoms with Crippen molar-refractivity contribution in [1.29, 1.82) is 0 Å². The van der Waals surface area contributed by atoms with E-state index in [4.69, 9.17) is 5.73 Å². The van der Waals surface area contributed by atoms with Gasteiger partial charge < -0.3 is 5.73 Å². The summed E-state index contributed by atoms with van der Waals surface area (Å²) >= 11 is 0. The summed E-state index contributed by atoms with van der Waals surface area (Å²) in [5.41, 5.74) is 7.51. The highest BCUT2D eigenvalue weighted by Crippen LogP contribution is 2.15. The molecule has 0 saturated carbocycles. The molecule has 2 aromatic rings. The molecule has 0 fully saturated rings. The zero-order chi connectivity index (χ0) is 12.3. The molecular formula is C13H16N4. The van der Waals surface area contributed by atoms with Gasteiger partial charge in [-0.25, -0.2) is 9.97 Å². The first kappa shape index (κ1) is 11.5. The zero-order valence-corrected chi connectivity index (χ0v) is 10.1. The third-order valence-corrected chi connectivity index (χ3v) is 2.31. The van der Waals surface area contributed by atoms with E-state index in [-0.39, 0.29) is 0 Å². The Kier molecular flexibility index (Phi) is 3.32. The summed E-state index contributed by atoms with van der Waals surface area (Å²) in [6.45, 7) is 4.30. The average molecular weight is 228 g/mol. The maximum atomic E-state index is 5.79. The van der Waals surface area contributed by atoms with Crippen molar-refractivity contribution >= 4 is 5.82 Å². The number of pyridine rings is 1. The van der Waals surface area contributed by atoms with Gasteiger partial charge in [0.25, 0.3) is 0 Å². The van der Waals surface area contributed by atoms with Gasteiger partial charge in [0.05, 0.1) is 0 Å². The first-order valence-electron chi connectivity index (χ1n) is 5.70. The summed E-state index contributed by atoms with van der Waals surface area (Å²) in [6.07, 6.45) is 2.62. The largest absolute Gasteiger partial charge is 0.384 e. The van der Waals surface area contributed by atoms with Crippen molar-refractivity contribution in [3.05, 3.63) is 36.2 Å². The van der Waals surface area contributed by atoms with Gasteiger partial charge in [-0.3, -0.25) is 4.98 Å². The van der Waals surface area contributed by atoms with Gasteiger partial charge >= 0.3 is 0 Å². The summed E-state index contributed by atoms with van der Waals surface area (Å²) in [5, 5.41) is 0. The summed E-state index contributed by atoms with van der Waals surface area (Å²) in [4.78, 5) is 12.9.